The summed E-state index contributed by atoms with van der Waals surface area (Å²) >= 11 is 0. The summed E-state index contributed by atoms with van der Waals surface area (Å²) in [5, 5.41) is 52.0. The molecule has 2 unspecified atom stereocenters. The van der Waals surface area contributed by atoms with Crippen LogP contribution in [0.25, 0.3) is 0 Å². The van der Waals surface area contributed by atoms with Gasteiger partial charge in [-0.05, 0) is 0 Å². The molecule has 1 rings (SSSR count). The molecule has 0 spiro atoms. The van der Waals surface area contributed by atoms with E-state index in [-0.39, 0.29) is 0 Å². The van der Waals surface area contributed by atoms with Gasteiger partial charge in [-0.15, -0.1) is 0 Å². The van der Waals surface area contributed by atoms with Crippen LogP contribution in [0, 0.1) is 0 Å². The fourth-order valence-electron chi connectivity index (χ4n) is 1.60. The molecule has 0 aliphatic heterocycles. The van der Waals surface area contributed by atoms with Crippen molar-refractivity contribution >= 4 is 7.60 Å². The van der Waals surface area contributed by atoms with Crippen molar-refractivity contribution in [3.05, 3.63) is 0 Å². The van der Waals surface area contributed by atoms with Crippen molar-refractivity contribution in [1.29, 1.82) is 0 Å². The molecule has 0 heterocycles. The molecule has 0 aromatic heterocycles. The van der Waals surface area contributed by atoms with Crippen LogP contribution in [0.5, 0.6) is 0 Å². The molecular weight excluding hydrogens is 247 g/mol. The van der Waals surface area contributed by atoms with Gasteiger partial charge in [-0.25, -0.2) is 0 Å². The van der Waals surface area contributed by atoms with E-state index in [1.165, 1.54) is 0 Å². The second-order valence-electron chi connectivity index (χ2n) is 3.69. The molecule has 0 aromatic rings. The summed E-state index contributed by atoms with van der Waals surface area (Å²) in [6.45, 7) is 0. The molecule has 8 N–H and O–H groups in total. The highest BCUT2D eigenvalue weighted by Gasteiger charge is 2.66. The maximum Gasteiger partial charge on any atom is 0.362 e. The first-order valence-corrected chi connectivity index (χ1v) is 5.84. The number of hydrogen-bond acceptors (Lipinski definition) is 7. The molecule has 16 heavy (non-hydrogen) atoms. The molecule has 0 bridgehead atoms. The van der Waals surface area contributed by atoms with Crippen molar-refractivity contribution in [2.75, 3.05) is 0 Å². The van der Waals surface area contributed by atoms with Crippen molar-refractivity contribution in [2.24, 2.45) is 0 Å². The molecule has 0 radical (unpaired) electrons. The lowest BCUT2D eigenvalue weighted by atomic mass is 9.84. The monoisotopic (exact) mass is 260 g/mol. The van der Waals surface area contributed by atoms with Crippen LogP contribution in [0.2, 0.25) is 0 Å². The van der Waals surface area contributed by atoms with Gasteiger partial charge in [0.25, 0.3) is 0 Å². The molecule has 10 heteroatoms. The van der Waals surface area contributed by atoms with E-state index in [9.17, 15) is 19.9 Å². The fourth-order valence-corrected chi connectivity index (χ4v) is 2.59. The first-order chi connectivity index (χ1) is 7.05. The molecule has 6 atom stereocenters. The Balaban J connectivity index is 3.24. The molecule has 1 aliphatic carbocycles. The normalized spacial score (nSPS) is 50.4. The minimum Gasteiger partial charge on any atom is -0.387 e. The Kier molecular flexibility index (Phi) is 3.48. The zero-order valence-electron chi connectivity index (χ0n) is 7.82. The minimum atomic E-state index is -5.44. The smallest absolute Gasteiger partial charge is 0.362 e. The Morgan fingerprint density at radius 1 is 0.812 bits per heavy atom. The van der Waals surface area contributed by atoms with Crippen LogP contribution in [0.3, 0.4) is 0 Å². The third-order valence-electron chi connectivity index (χ3n) is 2.68. The van der Waals surface area contributed by atoms with E-state index in [1.807, 2.05) is 0 Å². The Bertz CT molecular complexity index is 297. The zero-order valence-corrected chi connectivity index (χ0v) is 8.71. The van der Waals surface area contributed by atoms with Gasteiger partial charge in [-0.1, -0.05) is 0 Å². The standard InChI is InChI=1S/C6H13O9P/c7-1-2(8)4(10)6(12,16(13,14)15)5(11)3(1)9/h1-5,7-12H,(H2,13,14,15)/t1?,2-,3+,4-,5-,6?/m1/s1. The zero-order chi connectivity index (χ0) is 12.9. The summed E-state index contributed by atoms with van der Waals surface area (Å²) in [6.07, 6.45) is -11.4. The average Bonchev–Trinajstić information content (AvgIpc) is 2.19. The SMILES string of the molecule is O=P(O)(O)C1(O)[C@H](O)[C@H](O)C(O)[C@H](O)[C@H]1O. The minimum absolute atomic E-state index is 2.03. The van der Waals surface area contributed by atoms with Crippen LogP contribution in [0.1, 0.15) is 0 Å². The van der Waals surface area contributed by atoms with Crippen molar-refractivity contribution < 1.29 is 45.0 Å². The van der Waals surface area contributed by atoms with E-state index in [4.69, 9.17) is 25.1 Å². The molecule has 1 aliphatic rings. The fraction of sp³-hybridized carbons (Fsp3) is 1.00. The van der Waals surface area contributed by atoms with E-state index in [0.717, 1.165) is 0 Å². The summed E-state index contributed by atoms with van der Waals surface area (Å²) in [7, 11) is -5.44. The lowest BCUT2D eigenvalue weighted by molar-refractivity contribution is -0.243. The van der Waals surface area contributed by atoms with Crippen molar-refractivity contribution in [3.63, 3.8) is 0 Å². The van der Waals surface area contributed by atoms with Crippen LogP contribution in [0.15, 0.2) is 0 Å². The maximum atomic E-state index is 10.9. The average molecular weight is 260 g/mol. The Labute approximate surface area is 89.4 Å². The topological polar surface area (TPSA) is 179 Å². The molecule has 0 amide bonds. The van der Waals surface area contributed by atoms with Gasteiger partial charge in [0.05, 0.1) is 0 Å². The number of aliphatic hydroxyl groups excluding tert-OH is 5. The third kappa shape index (κ3) is 1.70. The van der Waals surface area contributed by atoms with E-state index >= 15 is 0 Å². The summed E-state index contributed by atoms with van der Waals surface area (Å²) in [5.41, 5.74) is 0. The predicted octanol–water partition coefficient (Wildman–Crippen LogP) is -4.33. The second kappa shape index (κ2) is 3.98. The van der Waals surface area contributed by atoms with Crippen LogP contribution in [-0.2, 0) is 4.57 Å². The second-order valence-corrected chi connectivity index (χ2v) is 5.49. The van der Waals surface area contributed by atoms with Crippen molar-refractivity contribution in [3.8, 4) is 0 Å². The third-order valence-corrected chi connectivity index (χ3v) is 4.15. The maximum absolute atomic E-state index is 10.9. The van der Waals surface area contributed by atoms with Gasteiger partial charge in [-0.3, -0.25) is 4.57 Å². The molecule has 9 nitrogen and oxygen atoms in total. The van der Waals surface area contributed by atoms with Gasteiger partial charge in [0.1, 0.15) is 30.5 Å². The van der Waals surface area contributed by atoms with Crippen LogP contribution in [0.4, 0.5) is 0 Å². The highest BCUT2D eigenvalue weighted by Crippen LogP contribution is 2.55. The first-order valence-electron chi connectivity index (χ1n) is 4.23. The van der Waals surface area contributed by atoms with Gasteiger partial charge < -0.3 is 40.4 Å². The summed E-state index contributed by atoms with van der Waals surface area (Å²) in [6, 6.07) is 0. The van der Waals surface area contributed by atoms with Crippen molar-refractivity contribution in [2.45, 2.75) is 35.9 Å². The predicted molar refractivity (Wildman–Crippen MR) is 47.0 cm³/mol. The van der Waals surface area contributed by atoms with E-state index in [2.05, 4.69) is 0 Å². The quantitative estimate of drug-likeness (QED) is 0.216. The molecule has 96 valence electrons. The van der Waals surface area contributed by atoms with E-state index in [1.54, 1.807) is 0 Å². The summed E-state index contributed by atoms with van der Waals surface area (Å²) in [5.74, 6) is 0. The van der Waals surface area contributed by atoms with Gasteiger partial charge in [0.2, 0.25) is 5.34 Å². The van der Waals surface area contributed by atoms with Crippen LogP contribution < -0.4 is 0 Å². The molecule has 1 saturated carbocycles. The lowest BCUT2D eigenvalue weighted by Crippen LogP contribution is -2.70. The largest absolute Gasteiger partial charge is 0.387 e. The van der Waals surface area contributed by atoms with Gasteiger partial charge in [0, 0.05) is 0 Å². The first kappa shape index (κ1) is 14.0. The van der Waals surface area contributed by atoms with Gasteiger partial charge in [0.15, 0.2) is 0 Å². The summed E-state index contributed by atoms with van der Waals surface area (Å²) in [4.78, 5) is 17.6. The van der Waals surface area contributed by atoms with Crippen molar-refractivity contribution in [1.82, 2.24) is 0 Å². The number of hydrogen-bond donors (Lipinski definition) is 8. The van der Waals surface area contributed by atoms with Gasteiger partial charge >= 0.3 is 7.60 Å². The van der Waals surface area contributed by atoms with Crippen LogP contribution in [-0.4, -0.2) is 76.3 Å². The Morgan fingerprint density at radius 2 is 1.12 bits per heavy atom. The van der Waals surface area contributed by atoms with Gasteiger partial charge in [-0.2, -0.15) is 0 Å². The van der Waals surface area contributed by atoms with Crippen LogP contribution >= 0.6 is 7.60 Å². The lowest BCUT2D eigenvalue weighted by Gasteiger charge is -2.47. The Morgan fingerprint density at radius 3 is 1.38 bits per heavy atom. The molecule has 1 fully saturated rings. The van der Waals surface area contributed by atoms with E-state index < -0.39 is 43.5 Å². The van der Waals surface area contributed by atoms with E-state index in [0.29, 0.717) is 0 Å². The highest BCUT2D eigenvalue weighted by atomic mass is 31.2. The summed E-state index contributed by atoms with van der Waals surface area (Å²) < 4.78 is 10.9. The number of aliphatic hydroxyl groups is 6. The highest BCUT2D eigenvalue weighted by molar-refractivity contribution is 7.53. The number of rotatable bonds is 1. The molecular formula is C6H13O9P. The molecule has 0 saturated heterocycles. The Hall–Kier alpha value is -0.0900. The molecule has 0 aromatic carbocycles.